The normalized spacial score (nSPS) is 12.3. The summed E-state index contributed by atoms with van der Waals surface area (Å²) in [5.41, 5.74) is 10.1. The van der Waals surface area contributed by atoms with E-state index in [0.717, 1.165) is 62.9 Å². The summed E-state index contributed by atoms with van der Waals surface area (Å²) in [7, 11) is 0. The van der Waals surface area contributed by atoms with Gasteiger partial charge in [-0.1, -0.05) is 75.5 Å². The Hall–Kier alpha value is -1.85. The van der Waals surface area contributed by atoms with Crippen molar-refractivity contribution < 1.29 is 4.79 Å². The van der Waals surface area contributed by atoms with E-state index < -0.39 is 0 Å². The maximum atomic E-state index is 10.6. The largest absolute Gasteiger partial charge is 0.401 e. The fraction of sp³-hybridized carbons (Fsp3) is 0.318. The van der Waals surface area contributed by atoms with Gasteiger partial charge in [0.2, 0.25) is 6.41 Å². The van der Waals surface area contributed by atoms with Gasteiger partial charge in [-0.2, -0.15) is 0 Å². The van der Waals surface area contributed by atoms with Crippen molar-refractivity contribution in [1.82, 2.24) is 0 Å². The van der Waals surface area contributed by atoms with Crippen LogP contribution in [0.15, 0.2) is 63.2 Å². The van der Waals surface area contributed by atoms with E-state index in [0.29, 0.717) is 6.41 Å². The lowest BCUT2D eigenvalue weighted by Crippen LogP contribution is -2.01. The van der Waals surface area contributed by atoms with Crippen LogP contribution in [0.4, 0.5) is 5.69 Å². The Morgan fingerprint density at radius 2 is 1.93 bits per heavy atom. The molecule has 0 heterocycles. The fourth-order valence-electron chi connectivity index (χ4n) is 2.36. The van der Waals surface area contributed by atoms with Gasteiger partial charge < -0.3 is 11.1 Å². The molecule has 1 aromatic rings. The fourth-order valence-corrected chi connectivity index (χ4v) is 4.27. The maximum Gasteiger partial charge on any atom is 0.211 e. The number of carbonyl (C=O) groups excluding carboxylic acids is 1. The molecule has 3 N–H and O–H groups in total. The summed E-state index contributed by atoms with van der Waals surface area (Å²) < 4.78 is 0. The molecule has 1 amide bonds. The molecule has 0 aliphatic heterocycles. The van der Waals surface area contributed by atoms with Crippen molar-refractivity contribution in [3.05, 3.63) is 68.8 Å². The first-order valence-electron chi connectivity index (χ1n) is 9.10. The number of benzene rings is 1. The van der Waals surface area contributed by atoms with Crippen LogP contribution in [-0.2, 0) is 4.79 Å². The predicted molar refractivity (Wildman–Crippen MR) is 124 cm³/mol. The summed E-state index contributed by atoms with van der Waals surface area (Å²) in [6.45, 7) is 14.7. The highest BCUT2D eigenvalue weighted by Gasteiger charge is 2.11. The second-order valence-electron chi connectivity index (χ2n) is 6.18. The number of nitrogens with one attached hydrogen (secondary N) is 1. The summed E-state index contributed by atoms with van der Waals surface area (Å²) in [5.74, 6) is 0. The van der Waals surface area contributed by atoms with Gasteiger partial charge in [0, 0.05) is 21.2 Å². The number of allylic oxidation sites excluding steroid dienone is 3. The second kappa shape index (κ2) is 12.5. The van der Waals surface area contributed by atoms with Crippen molar-refractivity contribution in [3.63, 3.8) is 0 Å². The topological polar surface area (TPSA) is 55.1 Å². The molecule has 0 unspecified atom stereocenters. The summed E-state index contributed by atoms with van der Waals surface area (Å²) in [4.78, 5) is 13.7. The molecule has 0 fully saturated rings. The standard InChI is InChI=1S/C22H30N2OS2/c1-6-9-17(4)27-22(21(23)10-7-2)18(5)26-14-16(3)19-11-8-12-20(13-19)24-15-25/h8,11-15H,4-7,9-10,23H2,1-3H3,(H,24,25)/b16-14+,22-21+. The molecule has 1 rings (SSSR count). The van der Waals surface area contributed by atoms with Gasteiger partial charge in [-0.15, -0.1) is 0 Å². The van der Waals surface area contributed by atoms with Crippen molar-refractivity contribution in [2.45, 2.75) is 46.5 Å². The molecular weight excluding hydrogens is 372 g/mol. The number of thioether (sulfide) groups is 2. The predicted octanol–water partition coefficient (Wildman–Crippen LogP) is 6.88. The van der Waals surface area contributed by atoms with Gasteiger partial charge in [0.25, 0.3) is 0 Å². The van der Waals surface area contributed by atoms with E-state index in [9.17, 15) is 4.79 Å². The number of rotatable bonds is 12. The lowest BCUT2D eigenvalue weighted by atomic mass is 10.1. The van der Waals surface area contributed by atoms with Crippen LogP contribution in [0, 0.1) is 0 Å². The molecule has 146 valence electrons. The van der Waals surface area contributed by atoms with E-state index in [2.05, 4.69) is 37.7 Å². The van der Waals surface area contributed by atoms with Gasteiger partial charge in [-0.25, -0.2) is 0 Å². The first-order valence-corrected chi connectivity index (χ1v) is 10.8. The zero-order valence-corrected chi connectivity index (χ0v) is 18.1. The third-order valence-corrected chi connectivity index (χ3v) is 6.06. The molecule has 0 saturated heterocycles. The summed E-state index contributed by atoms with van der Waals surface area (Å²) >= 11 is 3.22. The van der Waals surface area contributed by atoms with Crippen molar-refractivity contribution in [1.29, 1.82) is 0 Å². The Morgan fingerprint density at radius 3 is 2.56 bits per heavy atom. The number of hydrogen-bond donors (Lipinski definition) is 2. The molecule has 0 spiro atoms. The average Bonchev–Trinajstić information content (AvgIpc) is 2.64. The van der Waals surface area contributed by atoms with Crippen LogP contribution in [0.25, 0.3) is 5.57 Å². The van der Waals surface area contributed by atoms with Gasteiger partial charge >= 0.3 is 0 Å². The van der Waals surface area contributed by atoms with E-state index in [4.69, 9.17) is 5.73 Å². The number of hydrogen-bond acceptors (Lipinski definition) is 4. The summed E-state index contributed by atoms with van der Waals surface area (Å²) in [6.07, 6.45) is 4.57. The SMILES string of the molecule is C=C(CCC)S/C(C(=C)S/C=C(\C)c1cccc(NC=O)c1)=C(/N)CCC. The smallest absolute Gasteiger partial charge is 0.211 e. The van der Waals surface area contributed by atoms with Crippen molar-refractivity contribution in [2.24, 2.45) is 5.73 Å². The molecule has 0 bridgehead atoms. The Kier molecular flexibility index (Phi) is 10.8. The zero-order chi connectivity index (χ0) is 20.2. The number of nitrogens with two attached hydrogens (primary N) is 1. The van der Waals surface area contributed by atoms with E-state index in [-0.39, 0.29) is 0 Å². The first kappa shape index (κ1) is 23.2. The Balaban J connectivity index is 2.95. The summed E-state index contributed by atoms with van der Waals surface area (Å²) in [6, 6.07) is 7.75. The Labute approximate surface area is 172 Å². The highest BCUT2D eigenvalue weighted by Crippen LogP contribution is 2.39. The summed E-state index contributed by atoms with van der Waals surface area (Å²) in [5, 5.41) is 4.75. The molecule has 0 saturated carbocycles. The van der Waals surface area contributed by atoms with Gasteiger partial charge in [0.15, 0.2) is 0 Å². The molecule has 0 aromatic heterocycles. The van der Waals surface area contributed by atoms with Crippen LogP contribution in [0.3, 0.4) is 0 Å². The van der Waals surface area contributed by atoms with Crippen LogP contribution in [0.2, 0.25) is 0 Å². The van der Waals surface area contributed by atoms with E-state index in [1.807, 2.05) is 31.2 Å². The highest BCUT2D eigenvalue weighted by molar-refractivity contribution is 8.11. The minimum atomic E-state index is 0.683. The van der Waals surface area contributed by atoms with Gasteiger partial charge in [-0.3, -0.25) is 4.79 Å². The average molecular weight is 403 g/mol. The van der Waals surface area contributed by atoms with E-state index in [1.165, 1.54) is 0 Å². The molecule has 27 heavy (non-hydrogen) atoms. The minimum absolute atomic E-state index is 0.683. The number of amides is 1. The third kappa shape index (κ3) is 8.14. The molecule has 0 aliphatic carbocycles. The lowest BCUT2D eigenvalue weighted by molar-refractivity contribution is -0.105. The quantitative estimate of drug-likeness (QED) is 0.295. The van der Waals surface area contributed by atoms with Crippen molar-refractivity contribution >= 4 is 41.2 Å². The van der Waals surface area contributed by atoms with Crippen molar-refractivity contribution in [2.75, 3.05) is 5.32 Å². The van der Waals surface area contributed by atoms with Crippen LogP contribution in [-0.4, -0.2) is 6.41 Å². The molecule has 1 aromatic carbocycles. The van der Waals surface area contributed by atoms with E-state index >= 15 is 0 Å². The Bertz CT molecular complexity index is 736. The lowest BCUT2D eigenvalue weighted by Gasteiger charge is -2.14. The number of carbonyl (C=O) groups is 1. The van der Waals surface area contributed by atoms with Crippen LogP contribution in [0.1, 0.15) is 52.0 Å². The van der Waals surface area contributed by atoms with Gasteiger partial charge in [0.1, 0.15) is 0 Å². The van der Waals surface area contributed by atoms with Crippen LogP contribution >= 0.6 is 23.5 Å². The van der Waals surface area contributed by atoms with Crippen molar-refractivity contribution in [3.8, 4) is 0 Å². The molecule has 0 radical (unpaired) electrons. The molecular formula is C22H30N2OS2. The molecule has 0 aliphatic rings. The zero-order valence-electron chi connectivity index (χ0n) is 16.5. The second-order valence-corrected chi connectivity index (χ2v) is 8.33. The minimum Gasteiger partial charge on any atom is -0.401 e. The van der Waals surface area contributed by atoms with Crippen LogP contribution in [0.5, 0.6) is 0 Å². The van der Waals surface area contributed by atoms with Gasteiger partial charge in [0.05, 0.1) is 0 Å². The van der Waals surface area contributed by atoms with Crippen LogP contribution < -0.4 is 11.1 Å². The van der Waals surface area contributed by atoms with Gasteiger partial charge in [-0.05, 0) is 53.3 Å². The maximum absolute atomic E-state index is 10.6. The van der Waals surface area contributed by atoms with E-state index in [1.54, 1.807) is 23.5 Å². The third-order valence-electron chi connectivity index (χ3n) is 3.76. The molecule has 5 heteroatoms. The highest BCUT2D eigenvalue weighted by atomic mass is 32.2. The monoisotopic (exact) mass is 402 g/mol. The first-order chi connectivity index (χ1) is 12.9. The number of anilines is 1. The molecule has 3 nitrogen and oxygen atoms in total. The molecule has 0 atom stereocenters. The Morgan fingerprint density at radius 1 is 1.22 bits per heavy atom.